The molecule has 0 unspecified atom stereocenters. The lowest BCUT2D eigenvalue weighted by Crippen LogP contribution is -2.45. The third-order valence-corrected chi connectivity index (χ3v) is 3.09. The van der Waals surface area contributed by atoms with Gasteiger partial charge < -0.3 is 0 Å². The molecule has 0 aromatic carbocycles. The second-order valence-electron chi connectivity index (χ2n) is 6.23. The predicted molar refractivity (Wildman–Crippen MR) is 82.4 cm³/mol. The van der Waals surface area contributed by atoms with Gasteiger partial charge in [-0.3, -0.25) is 19.8 Å². The number of hydrazine groups is 1. The van der Waals surface area contributed by atoms with Crippen LogP contribution in [0.2, 0.25) is 0 Å². The number of carbonyl (C=O) groups excluding carboxylic acids is 2. The Labute approximate surface area is 128 Å². The molecule has 0 saturated carbocycles. The first-order chi connectivity index (χ1) is 9.86. The first-order valence-corrected chi connectivity index (χ1v) is 7.83. The second kappa shape index (κ2) is 11.5. The number of nitrogens with zero attached hydrogens (tertiary/aromatic N) is 1. The van der Waals surface area contributed by atoms with Crippen molar-refractivity contribution in [3.05, 3.63) is 0 Å². The topological polar surface area (TPSA) is 81.7 Å². The summed E-state index contributed by atoms with van der Waals surface area (Å²) in [6.07, 6.45) is 3.07. The zero-order valence-corrected chi connectivity index (χ0v) is 13.8. The molecule has 0 heterocycles. The van der Waals surface area contributed by atoms with E-state index in [2.05, 4.69) is 33.1 Å². The Balaban J connectivity index is 4.18. The van der Waals surface area contributed by atoms with Crippen LogP contribution in [-0.2, 0) is 9.59 Å². The standard InChI is InChI=1S/C15H31N3O3/c1-12(2)8-9-15(20)18(16-11-13(3)4)10-6-5-7-14(19)17-21/h12-13,16,21H,5-11H2,1-4H3,(H,17,19). The lowest BCUT2D eigenvalue weighted by molar-refractivity contribution is -0.135. The molecule has 0 aromatic rings. The van der Waals surface area contributed by atoms with Gasteiger partial charge in [0.2, 0.25) is 11.8 Å². The maximum atomic E-state index is 12.2. The van der Waals surface area contributed by atoms with Gasteiger partial charge in [-0.25, -0.2) is 10.9 Å². The highest BCUT2D eigenvalue weighted by Gasteiger charge is 2.14. The molecular formula is C15H31N3O3. The molecule has 0 aliphatic rings. The van der Waals surface area contributed by atoms with Crippen molar-refractivity contribution in [2.24, 2.45) is 11.8 Å². The minimum absolute atomic E-state index is 0.107. The van der Waals surface area contributed by atoms with Crippen LogP contribution in [0.25, 0.3) is 0 Å². The summed E-state index contributed by atoms with van der Waals surface area (Å²) < 4.78 is 0. The quantitative estimate of drug-likeness (QED) is 0.310. The normalized spacial score (nSPS) is 11.0. The van der Waals surface area contributed by atoms with E-state index in [1.165, 1.54) is 0 Å². The van der Waals surface area contributed by atoms with Gasteiger partial charge in [0.15, 0.2) is 0 Å². The summed E-state index contributed by atoms with van der Waals surface area (Å²) in [5.74, 6) is 0.693. The van der Waals surface area contributed by atoms with Gasteiger partial charge in [-0.15, -0.1) is 0 Å². The Hall–Kier alpha value is -1.14. The maximum Gasteiger partial charge on any atom is 0.243 e. The molecule has 0 aliphatic carbocycles. The number of unbranched alkanes of at least 4 members (excludes halogenated alkanes) is 1. The number of hydrogen-bond donors (Lipinski definition) is 3. The Morgan fingerprint density at radius 1 is 1.05 bits per heavy atom. The summed E-state index contributed by atoms with van der Waals surface area (Å²) in [6, 6.07) is 0. The summed E-state index contributed by atoms with van der Waals surface area (Å²) in [6.45, 7) is 9.73. The summed E-state index contributed by atoms with van der Waals surface area (Å²) >= 11 is 0. The highest BCUT2D eigenvalue weighted by Crippen LogP contribution is 2.07. The summed E-state index contributed by atoms with van der Waals surface area (Å²) in [7, 11) is 0. The molecule has 0 aliphatic heterocycles. The number of hydroxylamine groups is 1. The van der Waals surface area contributed by atoms with E-state index in [0.717, 1.165) is 19.4 Å². The minimum atomic E-state index is -0.386. The molecule has 0 aromatic heterocycles. The molecule has 124 valence electrons. The molecule has 0 radical (unpaired) electrons. The molecule has 0 atom stereocenters. The Kier molecular flexibility index (Phi) is 10.9. The maximum absolute atomic E-state index is 12.2. The van der Waals surface area contributed by atoms with Crippen LogP contribution in [0.1, 0.15) is 59.8 Å². The SMILES string of the molecule is CC(C)CCC(=O)N(CCCCC(=O)NO)NCC(C)C. The zero-order chi connectivity index (χ0) is 16.3. The number of carbonyl (C=O) groups is 2. The Morgan fingerprint density at radius 2 is 1.71 bits per heavy atom. The van der Waals surface area contributed by atoms with Crippen molar-refractivity contribution in [1.82, 2.24) is 15.9 Å². The Bertz CT molecular complexity index is 307. The molecule has 0 bridgehead atoms. The van der Waals surface area contributed by atoms with Crippen LogP contribution < -0.4 is 10.9 Å². The van der Waals surface area contributed by atoms with Crippen LogP contribution in [0.15, 0.2) is 0 Å². The lowest BCUT2D eigenvalue weighted by atomic mass is 10.1. The predicted octanol–water partition coefficient (Wildman–Crippen LogP) is 2.09. The fourth-order valence-corrected chi connectivity index (χ4v) is 1.74. The van der Waals surface area contributed by atoms with Crippen molar-refractivity contribution in [3.63, 3.8) is 0 Å². The number of rotatable bonds is 11. The minimum Gasteiger partial charge on any atom is -0.289 e. The van der Waals surface area contributed by atoms with Crippen LogP contribution in [0.5, 0.6) is 0 Å². The molecule has 6 nitrogen and oxygen atoms in total. The fourth-order valence-electron chi connectivity index (χ4n) is 1.74. The van der Waals surface area contributed by atoms with Crippen molar-refractivity contribution < 1.29 is 14.8 Å². The van der Waals surface area contributed by atoms with E-state index in [9.17, 15) is 9.59 Å². The lowest BCUT2D eigenvalue weighted by Gasteiger charge is -2.25. The van der Waals surface area contributed by atoms with E-state index >= 15 is 0 Å². The summed E-state index contributed by atoms with van der Waals surface area (Å²) in [4.78, 5) is 23.1. The fraction of sp³-hybridized carbons (Fsp3) is 0.867. The zero-order valence-electron chi connectivity index (χ0n) is 13.8. The van der Waals surface area contributed by atoms with Gasteiger partial charge in [0.25, 0.3) is 0 Å². The van der Waals surface area contributed by atoms with Crippen LogP contribution in [-0.4, -0.2) is 35.1 Å². The van der Waals surface area contributed by atoms with Gasteiger partial charge in [-0.1, -0.05) is 27.7 Å². The van der Waals surface area contributed by atoms with Crippen LogP contribution in [0.4, 0.5) is 0 Å². The van der Waals surface area contributed by atoms with E-state index in [-0.39, 0.29) is 18.2 Å². The molecule has 0 spiro atoms. The van der Waals surface area contributed by atoms with Crippen molar-refractivity contribution >= 4 is 11.8 Å². The third-order valence-electron chi connectivity index (χ3n) is 3.09. The van der Waals surface area contributed by atoms with Crippen molar-refractivity contribution in [3.8, 4) is 0 Å². The average molecular weight is 301 g/mol. The van der Waals surface area contributed by atoms with Gasteiger partial charge in [0, 0.05) is 25.9 Å². The largest absolute Gasteiger partial charge is 0.289 e. The van der Waals surface area contributed by atoms with Gasteiger partial charge in [0.1, 0.15) is 0 Å². The van der Waals surface area contributed by atoms with E-state index in [1.807, 2.05) is 0 Å². The number of hydrogen-bond acceptors (Lipinski definition) is 4. The smallest absolute Gasteiger partial charge is 0.243 e. The van der Waals surface area contributed by atoms with Crippen molar-refractivity contribution in [1.29, 1.82) is 0 Å². The highest BCUT2D eigenvalue weighted by molar-refractivity contribution is 5.75. The van der Waals surface area contributed by atoms with E-state index in [1.54, 1.807) is 10.5 Å². The van der Waals surface area contributed by atoms with Gasteiger partial charge in [-0.05, 0) is 31.1 Å². The number of nitrogens with one attached hydrogen (secondary N) is 2. The van der Waals surface area contributed by atoms with Crippen LogP contribution in [0.3, 0.4) is 0 Å². The molecule has 3 N–H and O–H groups in total. The van der Waals surface area contributed by atoms with E-state index < -0.39 is 0 Å². The summed E-state index contributed by atoms with van der Waals surface area (Å²) in [5.41, 5.74) is 4.79. The first kappa shape index (κ1) is 19.9. The highest BCUT2D eigenvalue weighted by atomic mass is 16.5. The van der Waals surface area contributed by atoms with Gasteiger partial charge in [0.05, 0.1) is 0 Å². The molecule has 0 rings (SSSR count). The van der Waals surface area contributed by atoms with Crippen LogP contribution in [0, 0.1) is 11.8 Å². The van der Waals surface area contributed by atoms with Gasteiger partial charge >= 0.3 is 0 Å². The molecule has 0 fully saturated rings. The molecule has 0 saturated heterocycles. The van der Waals surface area contributed by atoms with E-state index in [0.29, 0.717) is 31.2 Å². The molecule has 2 amide bonds. The molecule has 21 heavy (non-hydrogen) atoms. The second-order valence-corrected chi connectivity index (χ2v) is 6.23. The van der Waals surface area contributed by atoms with Crippen LogP contribution >= 0.6 is 0 Å². The average Bonchev–Trinajstić information content (AvgIpc) is 2.43. The third kappa shape index (κ3) is 11.2. The number of amides is 2. The molecule has 6 heteroatoms. The van der Waals surface area contributed by atoms with Crippen molar-refractivity contribution in [2.45, 2.75) is 59.8 Å². The Morgan fingerprint density at radius 3 is 2.24 bits per heavy atom. The monoisotopic (exact) mass is 301 g/mol. The van der Waals surface area contributed by atoms with Gasteiger partial charge in [-0.2, -0.15) is 0 Å². The molecular weight excluding hydrogens is 270 g/mol. The summed E-state index contributed by atoms with van der Waals surface area (Å²) in [5, 5.41) is 10.1. The first-order valence-electron chi connectivity index (χ1n) is 7.83. The van der Waals surface area contributed by atoms with Crippen molar-refractivity contribution in [2.75, 3.05) is 13.1 Å². The van der Waals surface area contributed by atoms with E-state index in [4.69, 9.17) is 5.21 Å².